The van der Waals surface area contributed by atoms with E-state index >= 15 is 0 Å². The molecule has 5 heteroatoms. The lowest BCUT2D eigenvalue weighted by molar-refractivity contribution is -0.133. The highest BCUT2D eigenvalue weighted by molar-refractivity contribution is 5.78. The number of amides is 1. The number of nitrogens with zero attached hydrogens (tertiary/aromatic N) is 3. The number of hydrogen-bond donors (Lipinski definition) is 0. The molecule has 0 saturated carbocycles. The standard InChI is InChI=1S/C20H30FN3O/c1-16(17-5-7-18(21)8-6-17)23(3)19(25)15-24-13-10-20(11-14-24)9-4-12-22(20)2/h5-8,16H,4,9-15H2,1-3H3/t16-/m1/s1. The van der Waals surface area contributed by atoms with Crippen LogP contribution in [0, 0.1) is 5.82 Å². The molecule has 2 heterocycles. The summed E-state index contributed by atoms with van der Waals surface area (Å²) in [5, 5.41) is 0. The predicted octanol–water partition coefficient (Wildman–Crippen LogP) is 2.91. The minimum Gasteiger partial charge on any atom is -0.338 e. The van der Waals surface area contributed by atoms with E-state index in [1.807, 2.05) is 14.0 Å². The van der Waals surface area contributed by atoms with Crippen LogP contribution in [0.4, 0.5) is 4.39 Å². The number of carbonyl (C=O) groups is 1. The summed E-state index contributed by atoms with van der Waals surface area (Å²) in [6, 6.07) is 6.36. The lowest BCUT2D eigenvalue weighted by atomic mass is 9.85. The molecule has 0 bridgehead atoms. The Kier molecular flexibility index (Phi) is 5.44. The van der Waals surface area contributed by atoms with Crippen LogP contribution in [0.3, 0.4) is 0 Å². The predicted molar refractivity (Wildman–Crippen MR) is 97.9 cm³/mol. The summed E-state index contributed by atoms with van der Waals surface area (Å²) in [6.45, 7) is 5.66. The number of rotatable bonds is 4. The Labute approximate surface area is 150 Å². The number of likely N-dealkylation sites (tertiary alicyclic amines) is 2. The molecule has 1 aromatic carbocycles. The van der Waals surface area contributed by atoms with Crippen molar-refractivity contribution in [3.8, 4) is 0 Å². The average Bonchev–Trinajstić information content (AvgIpc) is 2.96. The largest absolute Gasteiger partial charge is 0.338 e. The van der Waals surface area contributed by atoms with Gasteiger partial charge in [-0.2, -0.15) is 0 Å². The topological polar surface area (TPSA) is 26.8 Å². The van der Waals surface area contributed by atoms with Crippen LogP contribution in [0.15, 0.2) is 24.3 Å². The van der Waals surface area contributed by atoms with E-state index in [1.54, 1.807) is 17.0 Å². The van der Waals surface area contributed by atoms with Gasteiger partial charge in [-0.05, 0) is 63.9 Å². The van der Waals surface area contributed by atoms with Crippen LogP contribution in [-0.4, -0.2) is 66.4 Å². The van der Waals surface area contributed by atoms with Gasteiger partial charge in [0.05, 0.1) is 12.6 Å². The van der Waals surface area contributed by atoms with Gasteiger partial charge in [0.25, 0.3) is 0 Å². The Morgan fingerprint density at radius 1 is 1.20 bits per heavy atom. The van der Waals surface area contributed by atoms with Crippen LogP contribution in [0.5, 0.6) is 0 Å². The molecule has 1 amide bonds. The van der Waals surface area contributed by atoms with E-state index in [1.165, 1.54) is 31.5 Å². The lowest BCUT2D eigenvalue weighted by Crippen LogP contribution is -2.52. The molecule has 25 heavy (non-hydrogen) atoms. The first-order chi connectivity index (χ1) is 11.9. The Hall–Kier alpha value is -1.46. The van der Waals surface area contributed by atoms with Crippen molar-refractivity contribution in [3.05, 3.63) is 35.6 Å². The highest BCUT2D eigenvalue weighted by Crippen LogP contribution is 2.37. The molecule has 2 aliphatic heterocycles. The van der Waals surface area contributed by atoms with Gasteiger partial charge in [-0.15, -0.1) is 0 Å². The van der Waals surface area contributed by atoms with Crippen molar-refractivity contribution >= 4 is 5.91 Å². The molecule has 0 N–H and O–H groups in total. The average molecular weight is 347 g/mol. The maximum Gasteiger partial charge on any atom is 0.236 e. The van der Waals surface area contributed by atoms with E-state index in [2.05, 4.69) is 16.8 Å². The number of carbonyl (C=O) groups excluding carboxylic acids is 1. The van der Waals surface area contributed by atoms with Gasteiger partial charge in [0.15, 0.2) is 0 Å². The van der Waals surface area contributed by atoms with Crippen LogP contribution in [0.1, 0.15) is 44.2 Å². The maximum atomic E-state index is 13.1. The third kappa shape index (κ3) is 3.87. The molecule has 0 aliphatic carbocycles. The molecule has 0 aromatic heterocycles. The molecule has 2 aliphatic rings. The summed E-state index contributed by atoms with van der Waals surface area (Å²) < 4.78 is 13.1. The highest BCUT2D eigenvalue weighted by atomic mass is 19.1. The first kappa shape index (κ1) is 18.3. The van der Waals surface area contributed by atoms with Crippen molar-refractivity contribution in [3.63, 3.8) is 0 Å². The fourth-order valence-corrected chi connectivity index (χ4v) is 4.32. The monoisotopic (exact) mass is 347 g/mol. The quantitative estimate of drug-likeness (QED) is 0.838. The summed E-state index contributed by atoms with van der Waals surface area (Å²) in [4.78, 5) is 19.3. The minimum absolute atomic E-state index is 0.0507. The van der Waals surface area contributed by atoms with Crippen LogP contribution < -0.4 is 0 Å². The maximum absolute atomic E-state index is 13.1. The second-order valence-electron chi connectivity index (χ2n) is 7.76. The molecule has 2 saturated heterocycles. The molecule has 0 unspecified atom stereocenters. The lowest BCUT2D eigenvalue weighted by Gasteiger charge is -2.44. The van der Waals surface area contributed by atoms with E-state index in [0.29, 0.717) is 12.1 Å². The number of hydrogen-bond acceptors (Lipinski definition) is 3. The van der Waals surface area contributed by atoms with Crippen molar-refractivity contribution in [2.45, 2.75) is 44.2 Å². The number of benzene rings is 1. The molecule has 3 rings (SSSR count). The minimum atomic E-state index is -0.246. The fourth-order valence-electron chi connectivity index (χ4n) is 4.32. The highest BCUT2D eigenvalue weighted by Gasteiger charge is 2.41. The van der Waals surface area contributed by atoms with Gasteiger partial charge in [-0.3, -0.25) is 9.69 Å². The van der Waals surface area contributed by atoms with Crippen molar-refractivity contribution in [2.24, 2.45) is 0 Å². The van der Waals surface area contributed by atoms with Gasteiger partial charge in [-0.1, -0.05) is 12.1 Å². The number of halogens is 1. The third-order valence-corrected chi connectivity index (χ3v) is 6.42. The van der Waals surface area contributed by atoms with Crippen LogP contribution in [0.25, 0.3) is 0 Å². The first-order valence-corrected chi connectivity index (χ1v) is 9.36. The second-order valence-corrected chi connectivity index (χ2v) is 7.76. The van der Waals surface area contributed by atoms with E-state index in [0.717, 1.165) is 31.5 Å². The van der Waals surface area contributed by atoms with Gasteiger partial charge in [0, 0.05) is 25.7 Å². The second kappa shape index (κ2) is 7.42. The van der Waals surface area contributed by atoms with Crippen LogP contribution >= 0.6 is 0 Å². The molecule has 2 fully saturated rings. The van der Waals surface area contributed by atoms with Gasteiger partial charge in [0.1, 0.15) is 5.82 Å². The zero-order valence-corrected chi connectivity index (χ0v) is 15.7. The van der Waals surface area contributed by atoms with E-state index in [-0.39, 0.29) is 17.8 Å². The van der Waals surface area contributed by atoms with Gasteiger partial charge < -0.3 is 9.80 Å². The zero-order valence-electron chi connectivity index (χ0n) is 15.7. The van der Waals surface area contributed by atoms with E-state index in [4.69, 9.17) is 0 Å². The zero-order chi connectivity index (χ0) is 18.0. The van der Waals surface area contributed by atoms with Crippen molar-refractivity contribution < 1.29 is 9.18 Å². The van der Waals surface area contributed by atoms with Crippen LogP contribution in [-0.2, 0) is 4.79 Å². The van der Waals surface area contributed by atoms with Crippen molar-refractivity contribution in [1.82, 2.24) is 14.7 Å². The third-order valence-electron chi connectivity index (χ3n) is 6.42. The van der Waals surface area contributed by atoms with Gasteiger partial charge in [0.2, 0.25) is 5.91 Å². The Morgan fingerprint density at radius 3 is 2.40 bits per heavy atom. The van der Waals surface area contributed by atoms with Crippen molar-refractivity contribution in [2.75, 3.05) is 40.3 Å². The summed E-state index contributed by atoms with van der Waals surface area (Å²) >= 11 is 0. The molecule has 0 radical (unpaired) electrons. The number of piperidine rings is 1. The SMILES string of the molecule is C[C@H](c1ccc(F)cc1)N(C)C(=O)CN1CCC2(CCCN2C)CC1. The van der Waals surface area contributed by atoms with E-state index in [9.17, 15) is 9.18 Å². The Morgan fingerprint density at radius 2 is 1.84 bits per heavy atom. The Bertz CT molecular complexity index is 595. The molecule has 1 spiro atoms. The first-order valence-electron chi connectivity index (χ1n) is 9.36. The molecule has 138 valence electrons. The number of likely N-dealkylation sites (N-methyl/N-ethyl adjacent to an activating group) is 1. The molecule has 1 aromatic rings. The molecular formula is C20H30FN3O. The summed E-state index contributed by atoms with van der Waals surface area (Å²) in [5.41, 5.74) is 1.34. The van der Waals surface area contributed by atoms with Gasteiger partial charge in [-0.25, -0.2) is 4.39 Å². The summed E-state index contributed by atoms with van der Waals surface area (Å²) in [6.07, 6.45) is 4.92. The Balaban J connectivity index is 1.53. The fraction of sp³-hybridized carbons (Fsp3) is 0.650. The summed E-state index contributed by atoms with van der Waals surface area (Å²) in [7, 11) is 4.08. The summed E-state index contributed by atoms with van der Waals surface area (Å²) in [5.74, 6) is -0.114. The molecule has 4 nitrogen and oxygen atoms in total. The normalized spacial score (nSPS) is 22.2. The smallest absolute Gasteiger partial charge is 0.236 e. The molecule has 1 atom stereocenters. The van der Waals surface area contributed by atoms with E-state index < -0.39 is 0 Å². The molecular weight excluding hydrogens is 317 g/mol. The van der Waals surface area contributed by atoms with Crippen molar-refractivity contribution in [1.29, 1.82) is 0 Å². The van der Waals surface area contributed by atoms with Crippen LogP contribution in [0.2, 0.25) is 0 Å². The van der Waals surface area contributed by atoms with Gasteiger partial charge >= 0.3 is 0 Å².